The molecule has 1 aliphatic rings. The molecule has 180 valence electrons. The summed E-state index contributed by atoms with van der Waals surface area (Å²) in [7, 11) is 0. The average molecular weight is 487 g/mol. The molecule has 0 radical (unpaired) electrons. The predicted molar refractivity (Wildman–Crippen MR) is 142 cm³/mol. The number of anilines is 1. The largest absolute Gasteiger partial charge is 0.334 e. The molecular formula is C28H30N4O2S. The van der Waals surface area contributed by atoms with E-state index in [0.29, 0.717) is 31.9 Å². The van der Waals surface area contributed by atoms with Gasteiger partial charge in [-0.1, -0.05) is 42.5 Å². The van der Waals surface area contributed by atoms with Gasteiger partial charge in [-0.05, 0) is 61.0 Å². The number of urea groups is 1. The second-order valence-corrected chi connectivity index (χ2v) is 10.2. The standard InChI is InChI=1S/C28H30N4O2S/c1-19-8-4-6-10-23(19)18-32-25(16-22-12-15-35-27(22)32)26(33)30-13-14-31(21(3)17-30)28(34)29-24-11-7-5-9-20(24)2/h4-12,15-16,21H,13-14,17-18H2,1-3H3,(H,29,34). The summed E-state index contributed by atoms with van der Waals surface area (Å²) in [4.78, 5) is 31.5. The highest BCUT2D eigenvalue weighted by Crippen LogP contribution is 2.28. The number of nitrogens with one attached hydrogen (secondary N) is 1. The van der Waals surface area contributed by atoms with Crippen LogP contribution in [0.15, 0.2) is 66.0 Å². The van der Waals surface area contributed by atoms with E-state index in [0.717, 1.165) is 21.5 Å². The molecule has 1 fully saturated rings. The lowest BCUT2D eigenvalue weighted by molar-refractivity contribution is 0.0583. The van der Waals surface area contributed by atoms with E-state index in [9.17, 15) is 9.59 Å². The molecule has 1 unspecified atom stereocenters. The number of hydrogen-bond acceptors (Lipinski definition) is 3. The van der Waals surface area contributed by atoms with Crippen LogP contribution in [-0.4, -0.2) is 52.0 Å². The molecule has 0 bridgehead atoms. The third-order valence-electron chi connectivity index (χ3n) is 6.87. The van der Waals surface area contributed by atoms with E-state index in [-0.39, 0.29) is 18.0 Å². The van der Waals surface area contributed by atoms with Gasteiger partial charge in [-0.2, -0.15) is 0 Å². The minimum Gasteiger partial charge on any atom is -0.334 e. The quantitative estimate of drug-likeness (QED) is 0.400. The number of benzene rings is 2. The third kappa shape index (κ3) is 4.56. The third-order valence-corrected chi connectivity index (χ3v) is 7.82. The fraction of sp³-hybridized carbons (Fsp3) is 0.286. The Morgan fingerprint density at radius 2 is 1.74 bits per heavy atom. The topological polar surface area (TPSA) is 57.6 Å². The van der Waals surface area contributed by atoms with Crippen LogP contribution in [0.5, 0.6) is 0 Å². The van der Waals surface area contributed by atoms with Gasteiger partial charge in [0.25, 0.3) is 5.91 Å². The van der Waals surface area contributed by atoms with Crippen molar-refractivity contribution in [2.45, 2.75) is 33.4 Å². The van der Waals surface area contributed by atoms with Crippen molar-refractivity contribution < 1.29 is 9.59 Å². The highest BCUT2D eigenvalue weighted by atomic mass is 32.1. The van der Waals surface area contributed by atoms with E-state index in [1.54, 1.807) is 11.3 Å². The number of hydrogen-bond donors (Lipinski definition) is 1. The molecular weight excluding hydrogens is 456 g/mol. The molecule has 1 saturated heterocycles. The van der Waals surface area contributed by atoms with Crippen LogP contribution in [0.3, 0.4) is 0 Å². The van der Waals surface area contributed by atoms with E-state index in [2.05, 4.69) is 40.4 Å². The maximum atomic E-state index is 13.7. The summed E-state index contributed by atoms with van der Waals surface area (Å²) in [5.41, 5.74) is 4.97. The smallest absolute Gasteiger partial charge is 0.322 e. The van der Waals surface area contributed by atoms with E-state index >= 15 is 0 Å². The minimum absolute atomic E-state index is 0.0211. The second-order valence-electron chi connectivity index (χ2n) is 9.26. The molecule has 3 heterocycles. The zero-order valence-corrected chi connectivity index (χ0v) is 21.1. The summed E-state index contributed by atoms with van der Waals surface area (Å²) in [6.07, 6.45) is 0. The number of piperazine rings is 1. The van der Waals surface area contributed by atoms with Gasteiger partial charge in [0.15, 0.2) is 0 Å². The number of thiophene rings is 1. The molecule has 0 aliphatic carbocycles. The molecule has 3 amide bonds. The molecule has 4 aromatic rings. The Morgan fingerprint density at radius 3 is 2.49 bits per heavy atom. The fourth-order valence-corrected chi connectivity index (χ4v) is 5.67. The number of aryl methyl sites for hydroxylation is 2. The number of nitrogens with zero attached hydrogens (tertiary/aromatic N) is 3. The predicted octanol–water partition coefficient (Wildman–Crippen LogP) is 5.75. The Hall–Kier alpha value is -3.58. The van der Waals surface area contributed by atoms with Crippen molar-refractivity contribution in [3.8, 4) is 0 Å². The second kappa shape index (κ2) is 9.58. The number of aromatic nitrogens is 1. The van der Waals surface area contributed by atoms with Gasteiger partial charge >= 0.3 is 6.03 Å². The van der Waals surface area contributed by atoms with Crippen LogP contribution < -0.4 is 5.32 Å². The van der Waals surface area contributed by atoms with Crippen LogP contribution in [-0.2, 0) is 6.54 Å². The van der Waals surface area contributed by atoms with Gasteiger partial charge in [0.1, 0.15) is 10.5 Å². The molecule has 0 spiro atoms. The van der Waals surface area contributed by atoms with Crippen LogP contribution in [0.25, 0.3) is 10.2 Å². The summed E-state index contributed by atoms with van der Waals surface area (Å²) in [5.74, 6) is 0.0211. The summed E-state index contributed by atoms with van der Waals surface area (Å²) >= 11 is 1.66. The van der Waals surface area contributed by atoms with E-state index in [4.69, 9.17) is 0 Å². The number of carbonyl (C=O) groups excluding carboxylic acids is 2. The molecule has 35 heavy (non-hydrogen) atoms. The summed E-state index contributed by atoms with van der Waals surface area (Å²) < 4.78 is 2.15. The first kappa shape index (κ1) is 23.2. The Bertz CT molecular complexity index is 1390. The number of carbonyl (C=O) groups is 2. The van der Waals surface area contributed by atoms with Gasteiger partial charge in [-0.3, -0.25) is 4.79 Å². The van der Waals surface area contributed by atoms with Crippen LogP contribution in [0, 0.1) is 13.8 Å². The SMILES string of the molecule is Cc1ccccc1Cn1c(C(=O)N2CCN(C(=O)Nc3ccccc3C)C(C)C2)cc2ccsc21. The van der Waals surface area contributed by atoms with Crippen molar-refractivity contribution in [1.29, 1.82) is 0 Å². The lowest BCUT2D eigenvalue weighted by atomic mass is 10.1. The highest BCUT2D eigenvalue weighted by Gasteiger charge is 2.32. The van der Waals surface area contributed by atoms with Gasteiger partial charge in [0.2, 0.25) is 0 Å². The van der Waals surface area contributed by atoms with Crippen LogP contribution in [0.2, 0.25) is 0 Å². The van der Waals surface area contributed by atoms with Gasteiger partial charge < -0.3 is 19.7 Å². The molecule has 6 nitrogen and oxygen atoms in total. The van der Waals surface area contributed by atoms with Crippen molar-refractivity contribution in [3.05, 3.63) is 88.4 Å². The Labute approximate surface area is 209 Å². The Kier molecular flexibility index (Phi) is 6.34. The van der Waals surface area contributed by atoms with Crippen molar-refractivity contribution in [1.82, 2.24) is 14.4 Å². The maximum Gasteiger partial charge on any atom is 0.322 e. The first-order valence-electron chi connectivity index (χ1n) is 12.0. The number of para-hydroxylation sites is 1. The maximum absolute atomic E-state index is 13.7. The van der Waals surface area contributed by atoms with Gasteiger partial charge in [0, 0.05) is 43.3 Å². The molecule has 2 aromatic carbocycles. The molecule has 1 N–H and O–H groups in total. The first-order chi connectivity index (χ1) is 16.9. The van der Waals surface area contributed by atoms with Crippen molar-refractivity contribution in [2.75, 3.05) is 25.0 Å². The summed E-state index contributed by atoms with van der Waals surface area (Å²) in [6, 6.07) is 19.9. The lowest BCUT2D eigenvalue weighted by Gasteiger charge is -2.39. The average Bonchev–Trinajstić information content (AvgIpc) is 3.44. The normalized spacial score (nSPS) is 16.0. The van der Waals surface area contributed by atoms with Gasteiger partial charge in [-0.15, -0.1) is 11.3 Å². The van der Waals surface area contributed by atoms with Crippen molar-refractivity contribution in [2.24, 2.45) is 0 Å². The van der Waals surface area contributed by atoms with Gasteiger partial charge in [0.05, 0.1) is 0 Å². The number of fused-ring (bicyclic) bond motifs is 1. The van der Waals surface area contributed by atoms with Crippen LogP contribution in [0.1, 0.15) is 34.1 Å². The van der Waals surface area contributed by atoms with Gasteiger partial charge in [-0.25, -0.2) is 4.79 Å². The van der Waals surface area contributed by atoms with Crippen LogP contribution in [0.4, 0.5) is 10.5 Å². The zero-order chi connectivity index (χ0) is 24.5. The Morgan fingerprint density at radius 1 is 1.00 bits per heavy atom. The minimum atomic E-state index is -0.123. The molecule has 2 aromatic heterocycles. The molecule has 7 heteroatoms. The molecule has 1 aliphatic heterocycles. The summed E-state index contributed by atoms with van der Waals surface area (Å²) in [6.45, 7) is 8.25. The Balaban J connectivity index is 1.33. The fourth-order valence-electron chi connectivity index (χ4n) is 4.77. The number of amides is 3. The first-order valence-corrected chi connectivity index (χ1v) is 12.8. The highest BCUT2D eigenvalue weighted by molar-refractivity contribution is 7.16. The number of rotatable bonds is 4. The molecule has 0 saturated carbocycles. The van der Waals surface area contributed by atoms with E-state index in [1.165, 1.54) is 11.1 Å². The molecule has 1 atom stereocenters. The van der Waals surface area contributed by atoms with E-state index in [1.807, 2.05) is 66.1 Å². The monoisotopic (exact) mass is 486 g/mol. The molecule has 5 rings (SSSR count). The van der Waals surface area contributed by atoms with Crippen molar-refractivity contribution in [3.63, 3.8) is 0 Å². The lowest BCUT2D eigenvalue weighted by Crippen LogP contribution is -2.56. The van der Waals surface area contributed by atoms with E-state index < -0.39 is 0 Å². The van der Waals surface area contributed by atoms with Crippen LogP contribution >= 0.6 is 11.3 Å². The van der Waals surface area contributed by atoms with Crippen molar-refractivity contribution >= 4 is 39.2 Å². The summed E-state index contributed by atoms with van der Waals surface area (Å²) in [5, 5.41) is 6.19. The zero-order valence-electron chi connectivity index (χ0n) is 20.3.